The van der Waals surface area contributed by atoms with E-state index in [1.165, 1.54) is 11.0 Å². The number of amides is 3. The summed E-state index contributed by atoms with van der Waals surface area (Å²) in [5.41, 5.74) is -0.325. The van der Waals surface area contributed by atoms with E-state index >= 15 is 0 Å². The highest BCUT2D eigenvalue weighted by Crippen LogP contribution is 2.30. The van der Waals surface area contributed by atoms with Gasteiger partial charge in [0.25, 0.3) is 0 Å². The fraction of sp³-hybridized carbons (Fsp3) is 0.625. The van der Waals surface area contributed by atoms with Gasteiger partial charge in [-0.3, -0.25) is 9.59 Å². The van der Waals surface area contributed by atoms with Crippen molar-refractivity contribution in [3.63, 3.8) is 0 Å². The molecule has 1 aromatic carbocycles. The molecular formula is C24H37N3O5. The van der Waals surface area contributed by atoms with E-state index in [-0.39, 0.29) is 24.2 Å². The van der Waals surface area contributed by atoms with E-state index in [4.69, 9.17) is 4.74 Å². The highest BCUT2D eigenvalue weighted by atomic mass is 16.6. The van der Waals surface area contributed by atoms with Crippen molar-refractivity contribution in [2.45, 2.75) is 83.9 Å². The first-order valence-electron chi connectivity index (χ1n) is 11.5. The molecule has 1 saturated carbocycles. The highest BCUT2D eigenvalue weighted by molar-refractivity contribution is 5.91. The fourth-order valence-corrected chi connectivity index (χ4v) is 3.90. The van der Waals surface area contributed by atoms with Crippen molar-refractivity contribution >= 4 is 17.9 Å². The van der Waals surface area contributed by atoms with Crippen LogP contribution in [0.15, 0.2) is 24.3 Å². The number of hydrogen-bond donors (Lipinski definition) is 3. The van der Waals surface area contributed by atoms with Gasteiger partial charge < -0.3 is 25.4 Å². The molecule has 0 heterocycles. The predicted octanol–water partition coefficient (Wildman–Crippen LogP) is 3.65. The zero-order valence-electron chi connectivity index (χ0n) is 19.6. The van der Waals surface area contributed by atoms with Crippen LogP contribution < -0.4 is 10.6 Å². The maximum atomic E-state index is 13.4. The number of phenolic OH excluding ortho intramolecular Hbond substituents is 1. The third kappa shape index (κ3) is 7.73. The molecule has 1 aromatic rings. The van der Waals surface area contributed by atoms with Crippen LogP contribution in [0, 0.1) is 0 Å². The maximum absolute atomic E-state index is 13.4. The van der Waals surface area contributed by atoms with Crippen molar-refractivity contribution < 1.29 is 24.2 Å². The third-order valence-electron chi connectivity index (χ3n) is 5.31. The molecule has 0 aromatic heterocycles. The maximum Gasteiger partial charge on any atom is 0.408 e. The average Bonchev–Trinajstić information content (AvgIpc) is 2.72. The summed E-state index contributed by atoms with van der Waals surface area (Å²) in [4.78, 5) is 39.9. The summed E-state index contributed by atoms with van der Waals surface area (Å²) in [5.74, 6) is -0.799. The Morgan fingerprint density at radius 1 is 1.16 bits per heavy atom. The monoisotopic (exact) mass is 447 g/mol. The van der Waals surface area contributed by atoms with Gasteiger partial charge in [0.15, 0.2) is 0 Å². The standard InChI is InChI=1S/C24H37N3O5/c1-5-15-27(20(29)16-25-23(31)32-24(2,3)4)21(18-13-9-10-14-19(18)28)22(30)26-17-11-7-6-8-12-17/h9-10,13-14,17,21,28H,5-8,11-12,15-16H2,1-4H3,(H,25,31)(H,26,30). The summed E-state index contributed by atoms with van der Waals surface area (Å²) in [5, 5.41) is 16.0. The molecule has 1 aliphatic rings. The van der Waals surface area contributed by atoms with Gasteiger partial charge in [-0.15, -0.1) is 0 Å². The van der Waals surface area contributed by atoms with Crippen LogP contribution in [-0.2, 0) is 14.3 Å². The molecule has 1 unspecified atom stereocenters. The molecule has 0 aliphatic heterocycles. The summed E-state index contributed by atoms with van der Waals surface area (Å²) in [6.45, 7) is 7.11. The van der Waals surface area contributed by atoms with Gasteiger partial charge in [-0.1, -0.05) is 44.4 Å². The number of benzene rings is 1. The van der Waals surface area contributed by atoms with E-state index in [9.17, 15) is 19.5 Å². The molecule has 1 atom stereocenters. The fourth-order valence-electron chi connectivity index (χ4n) is 3.90. The number of aromatic hydroxyl groups is 1. The van der Waals surface area contributed by atoms with Gasteiger partial charge in [-0.2, -0.15) is 0 Å². The van der Waals surface area contributed by atoms with Crippen molar-refractivity contribution in [3.8, 4) is 5.75 Å². The molecule has 2 rings (SSSR count). The average molecular weight is 448 g/mol. The first-order chi connectivity index (χ1) is 15.1. The Morgan fingerprint density at radius 3 is 2.41 bits per heavy atom. The Kier molecular flexibility index (Phi) is 9.35. The minimum Gasteiger partial charge on any atom is -0.508 e. The van der Waals surface area contributed by atoms with Crippen LogP contribution in [0.5, 0.6) is 5.75 Å². The van der Waals surface area contributed by atoms with Crippen molar-refractivity contribution in [1.82, 2.24) is 15.5 Å². The second-order valence-corrected chi connectivity index (χ2v) is 9.25. The van der Waals surface area contributed by atoms with E-state index in [0.717, 1.165) is 32.1 Å². The van der Waals surface area contributed by atoms with Crippen LogP contribution in [-0.4, -0.2) is 52.6 Å². The van der Waals surface area contributed by atoms with Crippen molar-refractivity contribution in [2.75, 3.05) is 13.1 Å². The lowest BCUT2D eigenvalue weighted by Gasteiger charge is -2.33. The molecule has 8 nitrogen and oxygen atoms in total. The smallest absolute Gasteiger partial charge is 0.408 e. The van der Waals surface area contributed by atoms with Crippen LogP contribution in [0.1, 0.15) is 77.8 Å². The number of rotatable bonds is 8. The Labute approximate surface area is 190 Å². The number of nitrogens with one attached hydrogen (secondary N) is 2. The van der Waals surface area contributed by atoms with Gasteiger partial charge in [0.2, 0.25) is 11.8 Å². The Balaban J connectivity index is 2.24. The Bertz CT molecular complexity index is 784. The lowest BCUT2D eigenvalue weighted by atomic mass is 9.94. The molecule has 3 N–H and O–H groups in total. The van der Waals surface area contributed by atoms with E-state index in [1.54, 1.807) is 39.0 Å². The highest BCUT2D eigenvalue weighted by Gasteiger charge is 2.34. The predicted molar refractivity (Wildman–Crippen MR) is 122 cm³/mol. The van der Waals surface area contributed by atoms with Crippen molar-refractivity contribution in [2.24, 2.45) is 0 Å². The Hall–Kier alpha value is -2.77. The molecular weight excluding hydrogens is 410 g/mol. The number of hydrogen-bond acceptors (Lipinski definition) is 5. The molecule has 32 heavy (non-hydrogen) atoms. The molecule has 0 radical (unpaired) electrons. The van der Waals surface area contributed by atoms with E-state index in [1.807, 2.05) is 6.92 Å². The molecule has 8 heteroatoms. The van der Waals surface area contributed by atoms with Crippen LogP contribution in [0.25, 0.3) is 0 Å². The number of nitrogens with zero attached hydrogens (tertiary/aromatic N) is 1. The molecule has 1 fully saturated rings. The SMILES string of the molecule is CCCN(C(=O)CNC(=O)OC(C)(C)C)C(C(=O)NC1CCCCC1)c1ccccc1O. The molecule has 0 bridgehead atoms. The van der Waals surface area contributed by atoms with Crippen LogP contribution >= 0.6 is 0 Å². The van der Waals surface area contributed by atoms with Crippen LogP contribution in [0.3, 0.4) is 0 Å². The van der Waals surface area contributed by atoms with Gasteiger partial charge in [0.1, 0.15) is 23.9 Å². The first kappa shape index (κ1) is 25.5. The second-order valence-electron chi connectivity index (χ2n) is 9.25. The van der Waals surface area contributed by atoms with Gasteiger partial charge in [-0.25, -0.2) is 4.79 Å². The summed E-state index contributed by atoms with van der Waals surface area (Å²) in [6, 6.07) is 5.62. The first-order valence-corrected chi connectivity index (χ1v) is 11.5. The van der Waals surface area contributed by atoms with Gasteiger partial charge in [0.05, 0.1) is 0 Å². The second kappa shape index (κ2) is 11.7. The lowest BCUT2D eigenvalue weighted by Crippen LogP contribution is -2.50. The third-order valence-corrected chi connectivity index (χ3v) is 5.31. The van der Waals surface area contributed by atoms with Gasteiger partial charge in [-0.05, 0) is 46.1 Å². The minimum atomic E-state index is -0.994. The number of carbonyl (C=O) groups excluding carboxylic acids is 3. The van der Waals surface area contributed by atoms with Crippen LogP contribution in [0.2, 0.25) is 0 Å². The summed E-state index contributed by atoms with van der Waals surface area (Å²) in [6.07, 6.45) is 4.99. The van der Waals surface area contributed by atoms with Crippen molar-refractivity contribution in [1.29, 1.82) is 0 Å². The number of para-hydroxylation sites is 1. The topological polar surface area (TPSA) is 108 Å². The molecule has 1 aliphatic carbocycles. The molecule has 3 amide bonds. The Morgan fingerprint density at radius 2 is 1.81 bits per heavy atom. The normalized spacial score (nSPS) is 15.5. The van der Waals surface area contributed by atoms with Crippen LogP contribution in [0.4, 0.5) is 4.79 Å². The van der Waals surface area contributed by atoms with E-state index in [2.05, 4.69) is 10.6 Å². The van der Waals surface area contributed by atoms with E-state index < -0.39 is 23.6 Å². The number of phenols is 1. The largest absolute Gasteiger partial charge is 0.508 e. The molecule has 0 spiro atoms. The van der Waals surface area contributed by atoms with Crippen molar-refractivity contribution in [3.05, 3.63) is 29.8 Å². The zero-order chi connectivity index (χ0) is 23.7. The summed E-state index contributed by atoms with van der Waals surface area (Å²) >= 11 is 0. The molecule has 0 saturated heterocycles. The summed E-state index contributed by atoms with van der Waals surface area (Å²) in [7, 11) is 0. The number of alkyl carbamates (subject to hydrolysis) is 1. The minimum absolute atomic E-state index is 0.0506. The lowest BCUT2D eigenvalue weighted by molar-refractivity contribution is -0.140. The van der Waals surface area contributed by atoms with Gasteiger partial charge in [0, 0.05) is 18.2 Å². The summed E-state index contributed by atoms with van der Waals surface area (Å²) < 4.78 is 5.20. The quantitative estimate of drug-likeness (QED) is 0.564. The van der Waals surface area contributed by atoms with E-state index in [0.29, 0.717) is 18.5 Å². The molecule has 178 valence electrons. The zero-order valence-corrected chi connectivity index (χ0v) is 19.6. The number of ether oxygens (including phenoxy) is 1. The number of carbonyl (C=O) groups is 3. The van der Waals surface area contributed by atoms with Gasteiger partial charge >= 0.3 is 6.09 Å².